The molecule has 0 amide bonds. The number of carbonyl (C=O) groups is 1. The molecule has 0 bridgehead atoms. The van der Waals surface area contributed by atoms with Gasteiger partial charge in [-0.2, -0.15) is 26.3 Å². The van der Waals surface area contributed by atoms with Gasteiger partial charge in [0.15, 0.2) is 0 Å². The highest BCUT2D eigenvalue weighted by Crippen LogP contribution is 2.41. The molecule has 1 aliphatic heterocycles. The predicted octanol–water partition coefficient (Wildman–Crippen LogP) is 2.47. The van der Waals surface area contributed by atoms with Crippen molar-refractivity contribution < 1.29 is 56.3 Å². The van der Waals surface area contributed by atoms with Gasteiger partial charge < -0.3 is 30.9 Å². The van der Waals surface area contributed by atoms with Crippen molar-refractivity contribution in [1.82, 2.24) is 0 Å². The first-order chi connectivity index (χ1) is 14.6. The number of alkyl halides is 6. The van der Waals surface area contributed by atoms with Crippen molar-refractivity contribution in [3.05, 3.63) is 34.9 Å². The fraction of sp³-hybridized carbons (Fsp3) is 0.632. The molecule has 6 N–H and O–H groups in total. The highest BCUT2D eigenvalue weighted by Gasteiger charge is 2.38. The van der Waals surface area contributed by atoms with Crippen LogP contribution in [-0.2, 0) is 21.9 Å². The number of halogens is 6. The quantitative estimate of drug-likeness (QED) is 0.381. The molecule has 2 rings (SSSR count). The van der Waals surface area contributed by atoms with Crippen molar-refractivity contribution in [3.8, 4) is 0 Å². The molecule has 0 aliphatic carbocycles. The summed E-state index contributed by atoms with van der Waals surface area (Å²) in [5.41, 5.74) is 0.970. The molecule has 1 aromatic rings. The molecular weight excluding hydrogens is 452 g/mol. The van der Waals surface area contributed by atoms with Crippen LogP contribution in [0.3, 0.4) is 0 Å². The lowest BCUT2D eigenvalue weighted by Crippen LogP contribution is -2.50. The van der Waals surface area contributed by atoms with Crippen molar-refractivity contribution in [2.24, 2.45) is 5.73 Å². The van der Waals surface area contributed by atoms with Crippen LogP contribution in [-0.4, -0.2) is 57.9 Å². The van der Waals surface area contributed by atoms with E-state index in [9.17, 15) is 31.1 Å². The van der Waals surface area contributed by atoms with Gasteiger partial charge in [-0.3, -0.25) is 4.79 Å². The van der Waals surface area contributed by atoms with Crippen LogP contribution >= 0.6 is 0 Å². The lowest BCUT2D eigenvalue weighted by atomic mass is 9.99. The molecule has 0 aromatic heterocycles. The number of aliphatic hydroxyl groups excluding tert-OH is 3. The Morgan fingerprint density at radius 1 is 0.938 bits per heavy atom. The molecule has 0 unspecified atom stereocenters. The molecule has 184 valence electrons. The van der Waals surface area contributed by atoms with Crippen LogP contribution in [0.25, 0.3) is 0 Å². The van der Waals surface area contributed by atoms with Crippen LogP contribution in [0.15, 0.2) is 18.2 Å². The van der Waals surface area contributed by atoms with E-state index in [1.807, 2.05) is 0 Å². The van der Waals surface area contributed by atoms with Crippen molar-refractivity contribution in [2.45, 2.75) is 55.8 Å². The summed E-state index contributed by atoms with van der Waals surface area (Å²) < 4.78 is 82.5. The Labute approximate surface area is 179 Å². The molecule has 0 saturated carbocycles. The Bertz CT molecular complexity index is 710. The summed E-state index contributed by atoms with van der Waals surface area (Å²) >= 11 is 0. The maximum absolute atomic E-state index is 12.8. The summed E-state index contributed by atoms with van der Waals surface area (Å²) in [5.74, 6) is -1.04. The van der Waals surface area contributed by atoms with Crippen molar-refractivity contribution >= 4 is 5.97 Å². The number of nitrogens with two attached hydrogens (primary N) is 1. The molecule has 7 nitrogen and oxygen atoms in total. The first-order valence-electron chi connectivity index (χ1n) is 9.43. The zero-order chi connectivity index (χ0) is 24.7. The van der Waals surface area contributed by atoms with Gasteiger partial charge in [-0.05, 0) is 43.0 Å². The average molecular weight is 477 g/mol. The van der Waals surface area contributed by atoms with Crippen LogP contribution in [0.5, 0.6) is 0 Å². The lowest BCUT2D eigenvalue weighted by molar-refractivity contribution is -0.143. The summed E-state index contributed by atoms with van der Waals surface area (Å²) in [6.45, 7) is -1.21. The second kappa shape index (κ2) is 11.3. The fourth-order valence-corrected chi connectivity index (χ4v) is 2.76. The molecule has 1 aromatic carbocycles. The van der Waals surface area contributed by atoms with Gasteiger partial charge in [0.2, 0.25) is 0 Å². The van der Waals surface area contributed by atoms with E-state index in [4.69, 9.17) is 30.9 Å². The van der Waals surface area contributed by atoms with E-state index in [1.165, 1.54) is 0 Å². The van der Waals surface area contributed by atoms with Gasteiger partial charge in [0.25, 0.3) is 0 Å². The van der Waals surface area contributed by atoms with E-state index in [-0.39, 0.29) is 30.9 Å². The Kier molecular flexibility index (Phi) is 9.90. The smallest absolute Gasteiger partial charge is 0.416 e. The van der Waals surface area contributed by atoms with E-state index in [0.29, 0.717) is 18.6 Å². The summed E-state index contributed by atoms with van der Waals surface area (Å²) in [6, 6.07) is 1.37. The van der Waals surface area contributed by atoms with Gasteiger partial charge in [-0.25, -0.2) is 0 Å². The van der Waals surface area contributed by atoms with Crippen LogP contribution < -0.4 is 5.73 Å². The number of hydrogen-bond acceptors (Lipinski definition) is 6. The minimum atomic E-state index is -4.91. The third-order valence-electron chi connectivity index (χ3n) is 4.71. The highest BCUT2D eigenvalue weighted by molar-refractivity contribution is 5.66. The van der Waals surface area contributed by atoms with E-state index < -0.39 is 67.0 Å². The van der Waals surface area contributed by atoms with Crippen molar-refractivity contribution in [3.63, 3.8) is 0 Å². The largest absolute Gasteiger partial charge is 0.481 e. The molecule has 2 atom stereocenters. The Hall–Kier alpha value is -1.93. The van der Waals surface area contributed by atoms with Crippen molar-refractivity contribution in [2.75, 3.05) is 19.8 Å². The van der Waals surface area contributed by atoms with Gasteiger partial charge in [-0.1, -0.05) is 0 Å². The summed E-state index contributed by atoms with van der Waals surface area (Å²) in [5, 5.41) is 33.6. The first kappa shape index (κ1) is 28.1. The van der Waals surface area contributed by atoms with Crippen LogP contribution in [0, 0.1) is 0 Å². The van der Waals surface area contributed by atoms with Crippen LogP contribution in [0.2, 0.25) is 0 Å². The third-order valence-corrected chi connectivity index (χ3v) is 4.71. The molecule has 1 fully saturated rings. The van der Waals surface area contributed by atoms with Crippen molar-refractivity contribution in [1.29, 1.82) is 0 Å². The zero-order valence-electron chi connectivity index (χ0n) is 16.8. The standard InChI is InChI=1S/C15H14F6O3.C4H11NO3/c16-14(17,18)9-5-8(6-10(7-9)15(19,20)21)12-3-1-11(24-12)2-4-13(22)23;5-4(1-6,2-7)3-8/h5-7,11-12H,1-4H2,(H,22,23);6-8H,1-3,5H2/t11-,12+;/m1./s1. The molecular formula is C19H25F6NO6. The fourth-order valence-electron chi connectivity index (χ4n) is 2.76. The molecule has 13 heteroatoms. The monoisotopic (exact) mass is 477 g/mol. The topological polar surface area (TPSA) is 133 Å². The number of hydrogen-bond donors (Lipinski definition) is 5. The Morgan fingerprint density at radius 3 is 1.75 bits per heavy atom. The molecule has 1 aliphatic rings. The molecule has 1 saturated heterocycles. The second-order valence-corrected chi connectivity index (χ2v) is 7.43. The Morgan fingerprint density at radius 2 is 1.41 bits per heavy atom. The summed E-state index contributed by atoms with van der Waals surface area (Å²) in [4.78, 5) is 10.5. The molecule has 1 heterocycles. The number of carboxylic acid groups (broad SMARTS) is 1. The van der Waals surface area contributed by atoms with Crippen LogP contribution in [0.1, 0.15) is 48.5 Å². The second-order valence-electron chi connectivity index (χ2n) is 7.43. The summed E-state index contributed by atoms with van der Waals surface area (Å²) in [7, 11) is 0. The van der Waals surface area contributed by atoms with Gasteiger partial charge in [0.1, 0.15) is 0 Å². The minimum Gasteiger partial charge on any atom is -0.481 e. The predicted molar refractivity (Wildman–Crippen MR) is 98.3 cm³/mol. The number of carboxylic acids is 1. The maximum Gasteiger partial charge on any atom is 0.416 e. The Balaban J connectivity index is 0.000000547. The molecule has 0 spiro atoms. The van der Waals surface area contributed by atoms with Gasteiger partial charge in [-0.15, -0.1) is 0 Å². The van der Waals surface area contributed by atoms with Crippen LogP contribution in [0.4, 0.5) is 26.3 Å². The first-order valence-corrected chi connectivity index (χ1v) is 9.43. The minimum absolute atomic E-state index is 0.0698. The third kappa shape index (κ3) is 8.54. The SMILES string of the molecule is NC(CO)(CO)CO.O=C(O)CC[C@H]1CC[C@@H](c2cc(C(F)(F)F)cc(C(F)(F)F)c2)O1. The summed E-state index contributed by atoms with van der Waals surface area (Å²) in [6.07, 6.45) is -10.6. The molecule has 32 heavy (non-hydrogen) atoms. The average Bonchev–Trinajstić information content (AvgIpc) is 3.20. The van der Waals surface area contributed by atoms with Gasteiger partial charge in [0, 0.05) is 6.42 Å². The van der Waals surface area contributed by atoms with E-state index in [1.54, 1.807) is 0 Å². The zero-order valence-corrected chi connectivity index (χ0v) is 16.8. The lowest BCUT2D eigenvalue weighted by Gasteiger charge is -2.20. The highest BCUT2D eigenvalue weighted by atomic mass is 19.4. The van der Waals surface area contributed by atoms with Gasteiger partial charge in [0.05, 0.1) is 48.7 Å². The number of rotatable bonds is 7. The number of ether oxygens (including phenoxy) is 1. The number of benzene rings is 1. The van der Waals surface area contributed by atoms with Gasteiger partial charge >= 0.3 is 18.3 Å². The van der Waals surface area contributed by atoms with E-state index >= 15 is 0 Å². The van der Waals surface area contributed by atoms with E-state index in [0.717, 1.165) is 0 Å². The number of aliphatic hydroxyl groups is 3. The maximum atomic E-state index is 12.8. The molecule has 0 radical (unpaired) electrons. The normalized spacial score (nSPS) is 19.4. The van der Waals surface area contributed by atoms with E-state index in [2.05, 4.69) is 0 Å². The number of aliphatic carboxylic acids is 1.